The van der Waals surface area contributed by atoms with E-state index in [0.717, 1.165) is 11.1 Å². The van der Waals surface area contributed by atoms with Crippen molar-refractivity contribution in [3.8, 4) is 0 Å². The summed E-state index contributed by atoms with van der Waals surface area (Å²) in [6.45, 7) is 4.09. The molecule has 3 nitrogen and oxygen atoms in total. The largest absolute Gasteiger partial charge is 0.325 e. The van der Waals surface area contributed by atoms with Gasteiger partial charge in [-0.3, -0.25) is 4.57 Å². The van der Waals surface area contributed by atoms with Crippen molar-refractivity contribution in [2.75, 3.05) is 0 Å². The van der Waals surface area contributed by atoms with E-state index in [2.05, 4.69) is 5.09 Å². The van der Waals surface area contributed by atoms with Crippen molar-refractivity contribution in [1.29, 1.82) is 0 Å². The Morgan fingerprint density at radius 2 is 1.12 bits per heavy atom. The van der Waals surface area contributed by atoms with Crippen LogP contribution in [0.1, 0.15) is 25.0 Å². The molecule has 0 amide bonds. The minimum Gasteiger partial charge on any atom is -0.325 e. The van der Waals surface area contributed by atoms with E-state index in [-0.39, 0.29) is 11.7 Å². The van der Waals surface area contributed by atoms with Crippen LogP contribution in [0.4, 0.5) is 4.39 Å². The van der Waals surface area contributed by atoms with E-state index in [1.54, 1.807) is 12.1 Å². The number of hydrogen-bond donors (Lipinski definition) is 2. The van der Waals surface area contributed by atoms with Crippen molar-refractivity contribution in [3.63, 3.8) is 0 Å². The normalized spacial score (nSPS) is 14.5. The molecule has 2 atom stereocenters. The molecule has 0 heterocycles. The molecule has 34 heavy (non-hydrogen) atoms. The van der Waals surface area contributed by atoms with Crippen molar-refractivity contribution < 1.29 is 8.96 Å². The summed E-state index contributed by atoms with van der Waals surface area (Å²) in [5, 5.41) is 4.98. The van der Waals surface area contributed by atoms with Gasteiger partial charge in [0.1, 0.15) is 5.82 Å². The molecule has 0 aliphatic heterocycles. The Morgan fingerprint density at radius 1 is 0.706 bits per heavy atom. The number of hydrogen-bond acceptors (Lipinski definition) is 2. The fourth-order valence-corrected chi connectivity index (χ4v) is 7.12. The lowest BCUT2D eigenvalue weighted by Crippen LogP contribution is -2.58. The second-order valence-electron chi connectivity index (χ2n) is 8.84. The minimum absolute atomic E-state index is 0.0257. The molecular weight excluding hydrogens is 442 g/mol. The number of nitrogens with one attached hydrogen (secondary N) is 1. The van der Waals surface area contributed by atoms with Crippen LogP contribution < -0.4 is 21.4 Å². The first-order valence-electron chi connectivity index (χ1n) is 11.5. The summed E-state index contributed by atoms with van der Waals surface area (Å²) in [6, 6.07) is 34.5. The maximum absolute atomic E-state index is 15.1. The molecule has 0 radical (unpaired) electrons. The predicted octanol–water partition coefficient (Wildman–Crippen LogP) is 5.57. The number of benzene rings is 4. The van der Waals surface area contributed by atoms with Gasteiger partial charge in [-0.2, -0.15) is 0 Å². The van der Waals surface area contributed by atoms with E-state index in [9.17, 15) is 4.39 Å². The number of halogens is 1. The summed E-state index contributed by atoms with van der Waals surface area (Å²) in [5.74, 6) is -0.309. The summed E-state index contributed by atoms with van der Waals surface area (Å²) >= 11 is 0. The fourth-order valence-electron chi connectivity index (χ4n) is 4.47. The second kappa shape index (κ2) is 10.1. The van der Waals surface area contributed by atoms with Crippen molar-refractivity contribution >= 4 is 17.9 Å². The van der Waals surface area contributed by atoms with Gasteiger partial charge in [0.15, 0.2) is 0 Å². The lowest BCUT2D eigenvalue weighted by molar-refractivity contribution is 0.311. The van der Waals surface area contributed by atoms with Crippen LogP contribution >= 0.6 is 7.29 Å². The van der Waals surface area contributed by atoms with Crippen LogP contribution in [0.25, 0.3) is 0 Å². The van der Waals surface area contributed by atoms with E-state index in [0.29, 0.717) is 10.6 Å². The van der Waals surface area contributed by atoms with E-state index >= 15 is 4.57 Å². The van der Waals surface area contributed by atoms with Gasteiger partial charge in [-0.25, -0.2) is 9.48 Å². The van der Waals surface area contributed by atoms with E-state index < -0.39 is 18.9 Å². The number of rotatable bonds is 8. The first kappa shape index (κ1) is 24.1. The van der Waals surface area contributed by atoms with Gasteiger partial charge >= 0.3 is 0 Å². The van der Waals surface area contributed by atoms with Crippen LogP contribution in [0.15, 0.2) is 115 Å². The highest BCUT2D eigenvalue weighted by Crippen LogP contribution is 2.48. The monoisotopic (exact) mass is 472 g/mol. The highest BCUT2D eigenvalue weighted by Gasteiger charge is 2.47. The molecule has 3 N–H and O–H groups in total. The smallest absolute Gasteiger partial charge is 0.205 e. The van der Waals surface area contributed by atoms with Crippen LogP contribution in [0.2, 0.25) is 0 Å². The lowest BCUT2D eigenvalue weighted by Gasteiger charge is -2.45. The van der Waals surface area contributed by atoms with E-state index in [4.69, 9.17) is 5.73 Å². The highest BCUT2D eigenvalue weighted by atomic mass is 31.2. The molecule has 0 aromatic heterocycles. The maximum atomic E-state index is 15.1. The molecule has 0 aliphatic carbocycles. The van der Waals surface area contributed by atoms with Crippen molar-refractivity contribution in [3.05, 3.63) is 132 Å². The first-order chi connectivity index (χ1) is 16.4. The molecular formula is C29H30FN2OP. The highest BCUT2D eigenvalue weighted by molar-refractivity contribution is 7.77. The van der Waals surface area contributed by atoms with Gasteiger partial charge in [-0.05, 0) is 53.4 Å². The Morgan fingerprint density at radius 3 is 1.56 bits per heavy atom. The van der Waals surface area contributed by atoms with Gasteiger partial charge in [0.05, 0.1) is 5.54 Å². The molecule has 4 rings (SSSR count). The third-order valence-electron chi connectivity index (χ3n) is 6.32. The van der Waals surface area contributed by atoms with Gasteiger partial charge in [-0.1, -0.05) is 92.7 Å². The topological polar surface area (TPSA) is 55.1 Å². The van der Waals surface area contributed by atoms with Crippen molar-refractivity contribution in [1.82, 2.24) is 5.09 Å². The molecule has 4 aromatic rings. The Bertz CT molecular complexity index is 1200. The SMILES string of the molecule is CC(C)[C@H](N)[C@@](NP(=O)(c1ccccc1)c1ccccc1)(c1ccccc1)c1ccc(F)cc1. The van der Waals surface area contributed by atoms with Gasteiger partial charge in [-0.15, -0.1) is 0 Å². The molecule has 174 valence electrons. The molecule has 0 aliphatic rings. The lowest BCUT2D eigenvalue weighted by atomic mass is 9.74. The van der Waals surface area contributed by atoms with Gasteiger partial charge in [0.2, 0.25) is 7.29 Å². The molecule has 0 fully saturated rings. The number of nitrogens with two attached hydrogens (primary N) is 1. The van der Waals surface area contributed by atoms with Crippen molar-refractivity contribution in [2.45, 2.75) is 25.4 Å². The standard InChI is InChI=1S/C29H30FN2OP/c1-22(2)28(31)29(23-12-6-3-7-13-23,24-18-20-25(30)21-19-24)32-34(33,26-14-8-4-9-15-26)27-16-10-5-11-17-27/h3-22,28H,31H2,1-2H3,(H,32,33)/t28-,29+/m0/s1. The van der Waals surface area contributed by atoms with Crippen LogP contribution in [-0.2, 0) is 10.1 Å². The van der Waals surface area contributed by atoms with Gasteiger partial charge in [0, 0.05) is 16.7 Å². The zero-order valence-corrected chi connectivity index (χ0v) is 20.3. The maximum Gasteiger partial charge on any atom is 0.205 e. The summed E-state index contributed by atoms with van der Waals surface area (Å²) in [7, 11) is -3.41. The average molecular weight is 473 g/mol. The second-order valence-corrected chi connectivity index (χ2v) is 11.3. The van der Waals surface area contributed by atoms with E-state index in [1.165, 1.54) is 12.1 Å². The Hall–Kier alpha value is -3.04. The van der Waals surface area contributed by atoms with Gasteiger partial charge in [0.25, 0.3) is 0 Å². The Kier molecular flexibility index (Phi) is 7.13. The summed E-state index contributed by atoms with van der Waals surface area (Å²) in [5.41, 5.74) is 7.56. The summed E-state index contributed by atoms with van der Waals surface area (Å²) < 4.78 is 29.1. The van der Waals surface area contributed by atoms with Gasteiger partial charge < -0.3 is 5.73 Å². The quantitative estimate of drug-likeness (QED) is 0.330. The average Bonchev–Trinajstić information content (AvgIpc) is 2.89. The summed E-state index contributed by atoms with van der Waals surface area (Å²) in [4.78, 5) is 0. The molecule has 0 saturated heterocycles. The molecule has 4 aromatic carbocycles. The third kappa shape index (κ3) is 4.50. The minimum atomic E-state index is -3.41. The molecule has 5 heteroatoms. The van der Waals surface area contributed by atoms with Crippen LogP contribution in [0.5, 0.6) is 0 Å². The first-order valence-corrected chi connectivity index (χ1v) is 13.2. The molecule has 0 bridgehead atoms. The predicted molar refractivity (Wildman–Crippen MR) is 139 cm³/mol. The van der Waals surface area contributed by atoms with Crippen LogP contribution in [0, 0.1) is 11.7 Å². The molecule has 0 saturated carbocycles. The zero-order valence-electron chi connectivity index (χ0n) is 19.4. The fraction of sp³-hybridized carbons (Fsp3) is 0.172. The Balaban J connectivity index is 2.04. The Labute approximate surface area is 201 Å². The van der Waals surface area contributed by atoms with Crippen molar-refractivity contribution in [2.24, 2.45) is 11.7 Å². The van der Waals surface area contributed by atoms with Crippen LogP contribution in [-0.4, -0.2) is 6.04 Å². The van der Waals surface area contributed by atoms with E-state index in [1.807, 2.05) is 105 Å². The third-order valence-corrected chi connectivity index (χ3v) is 9.04. The molecule has 0 unspecified atom stereocenters. The van der Waals surface area contributed by atoms with Crippen LogP contribution in [0.3, 0.4) is 0 Å². The molecule has 0 spiro atoms. The summed E-state index contributed by atoms with van der Waals surface area (Å²) in [6.07, 6.45) is 0. The zero-order chi connectivity index (χ0) is 24.2.